The predicted octanol–water partition coefficient (Wildman–Crippen LogP) is 3.28. The van der Waals surface area contributed by atoms with Crippen LogP contribution in [-0.2, 0) is 27.5 Å². The van der Waals surface area contributed by atoms with E-state index in [2.05, 4.69) is 5.32 Å². The van der Waals surface area contributed by atoms with Crippen LogP contribution in [0.1, 0.15) is 56.1 Å². The first kappa shape index (κ1) is 17.7. The summed E-state index contributed by atoms with van der Waals surface area (Å²) in [5, 5.41) is 3.22. The van der Waals surface area contributed by atoms with Crippen LogP contribution in [0.2, 0.25) is 0 Å². The molecule has 0 radical (unpaired) electrons. The average Bonchev–Trinajstić information content (AvgIpc) is 3.10. The fraction of sp³-hybridized carbons (Fsp3) is 0.682. The van der Waals surface area contributed by atoms with E-state index >= 15 is 0 Å². The van der Waals surface area contributed by atoms with Gasteiger partial charge in [0.2, 0.25) is 5.91 Å². The molecule has 0 atom stereocenters. The van der Waals surface area contributed by atoms with Crippen molar-refractivity contribution in [1.29, 1.82) is 0 Å². The van der Waals surface area contributed by atoms with Crippen LogP contribution in [0, 0.1) is 23.7 Å². The number of hydrogen-bond acceptors (Lipinski definition) is 3. The van der Waals surface area contributed by atoms with Crippen molar-refractivity contribution in [3.8, 4) is 0 Å². The van der Waals surface area contributed by atoms with E-state index in [0.29, 0.717) is 16.7 Å². The minimum Gasteiger partial charge on any atom is -0.353 e. The Morgan fingerprint density at radius 3 is 2.33 bits per heavy atom. The summed E-state index contributed by atoms with van der Waals surface area (Å²) in [6, 6.07) is 5.78. The highest BCUT2D eigenvalue weighted by atomic mass is 32.2. The van der Waals surface area contributed by atoms with Crippen molar-refractivity contribution in [2.45, 2.75) is 68.7 Å². The fourth-order valence-electron chi connectivity index (χ4n) is 6.51. The third kappa shape index (κ3) is 3.32. The molecule has 1 amide bonds. The van der Waals surface area contributed by atoms with Crippen LogP contribution in [0.4, 0.5) is 0 Å². The van der Waals surface area contributed by atoms with E-state index in [1.54, 1.807) is 6.07 Å². The van der Waals surface area contributed by atoms with Gasteiger partial charge in [0, 0.05) is 12.5 Å². The lowest BCUT2D eigenvalue weighted by atomic mass is 9.54. The van der Waals surface area contributed by atoms with E-state index in [9.17, 15) is 13.2 Å². The van der Waals surface area contributed by atoms with Crippen molar-refractivity contribution in [1.82, 2.24) is 5.32 Å². The van der Waals surface area contributed by atoms with Crippen molar-refractivity contribution in [3.05, 3.63) is 29.3 Å². The Hall–Kier alpha value is -1.36. The van der Waals surface area contributed by atoms with Crippen LogP contribution in [0.3, 0.4) is 0 Å². The Labute approximate surface area is 162 Å². The molecule has 4 bridgehead atoms. The number of hydrogen-bond donors (Lipinski definition) is 1. The van der Waals surface area contributed by atoms with E-state index in [-0.39, 0.29) is 24.1 Å². The molecule has 146 valence electrons. The van der Waals surface area contributed by atoms with E-state index in [1.165, 1.54) is 37.7 Å². The van der Waals surface area contributed by atoms with Crippen LogP contribution in [0.5, 0.6) is 0 Å². The number of benzene rings is 1. The van der Waals surface area contributed by atoms with Gasteiger partial charge in [0.05, 0.1) is 10.6 Å². The number of fused-ring (bicyclic) bond motifs is 1. The Kier molecular flexibility index (Phi) is 4.34. The number of carbonyl (C=O) groups is 1. The minimum absolute atomic E-state index is 0.0716. The number of aryl methyl sites for hydroxylation is 2. The summed E-state index contributed by atoms with van der Waals surface area (Å²) in [5.41, 5.74) is 2.43. The molecule has 0 spiro atoms. The first-order valence-corrected chi connectivity index (χ1v) is 12.3. The van der Waals surface area contributed by atoms with Gasteiger partial charge in [-0.2, -0.15) is 0 Å². The summed E-state index contributed by atoms with van der Waals surface area (Å²) in [6.45, 7) is 0. The normalized spacial score (nSPS) is 33.9. The third-order valence-corrected chi connectivity index (χ3v) is 9.30. The van der Waals surface area contributed by atoms with Gasteiger partial charge in [0.25, 0.3) is 0 Å². The molecule has 0 heterocycles. The zero-order chi connectivity index (χ0) is 18.6. The van der Waals surface area contributed by atoms with Gasteiger partial charge < -0.3 is 5.32 Å². The quantitative estimate of drug-likeness (QED) is 0.843. The predicted molar refractivity (Wildman–Crippen MR) is 104 cm³/mol. The molecule has 0 unspecified atom stereocenters. The summed E-state index contributed by atoms with van der Waals surface area (Å²) >= 11 is 0. The summed E-state index contributed by atoms with van der Waals surface area (Å²) in [4.78, 5) is 12.9. The van der Waals surface area contributed by atoms with Crippen molar-refractivity contribution in [3.63, 3.8) is 0 Å². The highest BCUT2D eigenvalue weighted by molar-refractivity contribution is 7.91. The molecule has 4 saturated carbocycles. The number of rotatable bonds is 5. The van der Waals surface area contributed by atoms with Gasteiger partial charge in [-0.05, 0) is 98.3 Å². The molecule has 1 N–H and O–H groups in total. The largest absolute Gasteiger partial charge is 0.353 e. The molecule has 0 aromatic heterocycles. The topological polar surface area (TPSA) is 63.2 Å². The maximum absolute atomic E-state index is 12.7. The SMILES string of the molecule is O=C(CCS(=O)(=O)c1ccc2c(c1)CCC2)NC1C2CC3CC(C2)CC1C3. The number of amides is 1. The highest BCUT2D eigenvalue weighted by Gasteiger charge is 2.48. The van der Waals surface area contributed by atoms with Gasteiger partial charge in [-0.25, -0.2) is 8.42 Å². The van der Waals surface area contributed by atoms with E-state index in [1.807, 2.05) is 12.1 Å². The first-order chi connectivity index (χ1) is 13.0. The Bertz CT molecular complexity index is 832. The second-order valence-electron chi connectivity index (χ2n) is 9.38. The Morgan fingerprint density at radius 2 is 1.63 bits per heavy atom. The van der Waals surface area contributed by atoms with Crippen LogP contribution >= 0.6 is 0 Å². The first-order valence-electron chi connectivity index (χ1n) is 10.6. The van der Waals surface area contributed by atoms with Gasteiger partial charge in [0.15, 0.2) is 9.84 Å². The van der Waals surface area contributed by atoms with Crippen LogP contribution in [0.25, 0.3) is 0 Å². The van der Waals surface area contributed by atoms with E-state index in [0.717, 1.165) is 36.7 Å². The maximum atomic E-state index is 12.7. The van der Waals surface area contributed by atoms with Crippen molar-refractivity contribution in [2.24, 2.45) is 23.7 Å². The maximum Gasteiger partial charge on any atom is 0.221 e. The number of carbonyl (C=O) groups excluding carboxylic acids is 1. The molecular formula is C22H29NO3S. The van der Waals surface area contributed by atoms with Gasteiger partial charge in [0.1, 0.15) is 0 Å². The standard InChI is InChI=1S/C22H29NO3S/c24-21(23-22-18-9-14-8-15(11-18)12-19(22)10-14)6-7-27(25,26)20-5-4-16-2-1-3-17(16)13-20/h4-5,13-15,18-19,22H,1-3,6-12H2,(H,23,24). The number of nitrogens with one attached hydrogen (secondary N) is 1. The summed E-state index contributed by atoms with van der Waals surface area (Å²) in [6.07, 6.45) is 9.60. The van der Waals surface area contributed by atoms with Gasteiger partial charge in [-0.15, -0.1) is 0 Å². The molecule has 0 saturated heterocycles. The molecule has 27 heavy (non-hydrogen) atoms. The Morgan fingerprint density at radius 1 is 0.963 bits per heavy atom. The van der Waals surface area contributed by atoms with Crippen molar-refractivity contribution >= 4 is 15.7 Å². The smallest absolute Gasteiger partial charge is 0.221 e. The average molecular weight is 388 g/mol. The van der Waals surface area contributed by atoms with Crippen LogP contribution in [-0.4, -0.2) is 26.1 Å². The molecule has 4 fully saturated rings. The lowest BCUT2D eigenvalue weighted by Gasteiger charge is -2.54. The van der Waals surface area contributed by atoms with Crippen LogP contribution < -0.4 is 5.32 Å². The van der Waals surface area contributed by atoms with E-state index < -0.39 is 9.84 Å². The van der Waals surface area contributed by atoms with Gasteiger partial charge in [-0.3, -0.25) is 4.79 Å². The molecule has 1 aromatic carbocycles. The molecule has 1 aromatic rings. The van der Waals surface area contributed by atoms with Gasteiger partial charge >= 0.3 is 0 Å². The molecule has 5 aliphatic rings. The minimum atomic E-state index is -3.40. The molecule has 0 aliphatic heterocycles. The van der Waals surface area contributed by atoms with Crippen LogP contribution in [0.15, 0.2) is 23.1 Å². The molecule has 5 heteroatoms. The van der Waals surface area contributed by atoms with Crippen molar-refractivity contribution < 1.29 is 13.2 Å². The fourth-order valence-corrected chi connectivity index (χ4v) is 7.79. The van der Waals surface area contributed by atoms with Gasteiger partial charge in [-0.1, -0.05) is 6.07 Å². The summed E-state index contributed by atoms with van der Waals surface area (Å²) in [7, 11) is -3.40. The number of sulfone groups is 1. The van der Waals surface area contributed by atoms with E-state index in [4.69, 9.17) is 0 Å². The molecule has 6 rings (SSSR count). The summed E-state index contributed by atoms with van der Waals surface area (Å²) < 4.78 is 25.4. The molecule has 4 nitrogen and oxygen atoms in total. The zero-order valence-electron chi connectivity index (χ0n) is 15.8. The monoisotopic (exact) mass is 387 g/mol. The highest BCUT2D eigenvalue weighted by Crippen LogP contribution is 2.53. The second-order valence-corrected chi connectivity index (χ2v) is 11.5. The third-order valence-electron chi connectivity index (χ3n) is 7.58. The summed E-state index contributed by atoms with van der Waals surface area (Å²) in [5.74, 6) is 2.82. The second kappa shape index (κ2) is 6.61. The Balaban J connectivity index is 1.20. The molecule has 5 aliphatic carbocycles. The zero-order valence-corrected chi connectivity index (χ0v) is 16.6. The molecular weight excluding hydrogens is 358 g/mol. The lowest BCUT2D eigenvalue weighted by Crippen LogP contribution is -2.55. The van der Waals surface area contributed by atoms with Crippen molar-refractivity contribution in [2.75, 3.05) is 5.75 Å². The lowest BCUT2D eigenvalue weighted by molar-refractivity contribution is -0.124.